The summed E-state index contributed by atoms with van der Waals surface area (Å²) < 4.78 is 1.42. The summed E-state index contributed by atoms with van der Waals surface area (Å²) >= 11 is 0. The molecule has 0 spiro atoms. The lowest BCUT2D eigenvalue weighted by Gasteiger charge is -2.58. The van der Waals surface area contributed by atoms with Gasteiger partial charge >= 0.3 is 0 Å². The van der Waals surface area contributed by atoms with Crippen molar-refractivity contribution in [1.29, 1.82) is 0 Å². The monoisotopic (exact) mass is 377 g/mol. The van der Waals surface area contributed by atoms with E-state index < -0.39 is 0 Å². The van der Waals surface area contributed by atoms with E-state index in [1.54, 1.807) is 0 Å². The Hall–Kier alpha value is 0.440. The van der Waals surface area contributed by atoms with Gasteiger partial charge in [-0.15, -0.1) is 0 Å². The van der Waals surface area contributed by atoms with Crippen molar-refractivity contribution in [2.45, 2.75) is 131 Å². The van der Waals surface area contributed by atoms with Crippen molar-refractivity contribution >= 4 is 0 Å². The van der Waals surface area contributed by atoms with Gasteiger partial charge in [0.1, 0.15) is 0 Å². The average Bonchev–Trinajstić information content (AvgIpc) is 2.51. The van der Waals surface area contributed by atoms with Crippen molar-refractivity contribution in [3.63, 3.8) is 0 Å². The quantitative estimate of drug-likeness (QED) is 0.456. The molecular weight excluding hydrogens is 334 g/mol. The minimum atomic E-state index is 0. The molecule has 2 heteroatoms. The van der Waals surface area contributed by atoms with Gasteiger partial charge < -0.3 is 21.5 Å². The summed E-state index contributed by atoms with van der Waals surface area (Å²) in [5.41, 5.74) is 0. The SMILES string of the molecule is CCC(CC)[N+](C(CC)CC)(C(CC)CC)C(CC)CC.[Br-]. The highest BCUT2D eigenvalue weighted by Crippen LogP contribution is 2.39. The van der Waals surface area contributed by atoms with Gasteiger partial charge in [0.2, 0.25) is 0 Å². The fourth-order valence-electron chi connectivity index (χ4n) is 5.47. The number of hydrogen-bond donors (Lipinski definition) is 0. The van der Waals surface area contributed by atoms with Gasteiger partial charge in [-0.3, -0.25) is 0 Å². The van der Waals surface area contributed by atoms with E-state index in [0.29, 0.717) is 0 Å². The molecule has 0 aliphatic rings. The third-order valence-electron chi connectivity index (χ3n) is 6.30. The van der Waals surface area contributed by atoms with E-state index in [9.17, 15) is 0 Å². The summed E-state index contributed by atoms with van der Waals surface area (Å²) in [5.74, 6) is 0. The molecule has 0 heterocycles. The maximum atomic E-state index is 2.42. The smallest absolute Gasteiger partial charge is 0.0891 e. The van der Waals surface area contributed by atoms with Crippen LogP contribution in [0.5, 0.6) is 0 Å². The Balaban J connectivity index is 0. The van der Waals surface area contributed by atoms with E-state index in [0.717, 1.165) is 24.2 Å². The van der Waals surface area contributed by atoms with Crippen molar-refractivity contribution in [3.8, 4) is 0 Å². The Morgan fingerprint density at radius 1 is 0.409 bits per heavy atom. The Morgan fingerprint density at radius 2 is 0.545 bits per heavy atom. The molecule has 0 aromatic carbocycles. The van der Waals surface area contributed by atoms with Crippen molar-refractivity contribution in [2.24, 2.45) is 0 Å². The molecule has 22 heavy (non-hydrogen) atoms. The first kappa shape index (κ1) is 24.7. The number of quaternary nitrogens is 1. The van der Waals surface area contributed by atoms with Crippen LogP contribution in [0.2, 0.25) is 0 Å². The maximum absolute atomic E-state index is 2.42. The summed E-state index contributed by atoms with van der Waals surface area (Å²) in [6.07, 6.45) is 10.7. The molecule has 0 bridgehead atoms. The zero-order valence-electron chi connectivity index (χ0n) is 16.8. The van der Waals surface area contributed by atoms with E-state index in [4.69, 9.17) is 0 Å². The molecule has 0 aromatic rings. The summed E-state index contributed by atoms with van der Waals surface area (Å²) in [6, 6.07) is 3.35. The van der Waals surface area contributed by atoms with Crippen LogP contribution in [-0.2, 0) is 0 Å². The topological polar surface area (TPSA) is 0 Å². The van der Waals surface area contributed by atoms with Crippen LogP contribution in [0.4, 0.5) is 0 Å². The second-order valence-corrected chi connectivity index (χ2v) is 6.78. The molecule has 0 rings (SSSR count). The molecule has 0 aliphatic heterocycles. The molecular formula is C20H44BrN. The van der Waals surface area contributed by atoms with E-state index >= 15 is 0 Å². The molecule has 0 fully saturated rings. The Kier molecular flexibility index (Phi) is 14.4. The molecule has 0 amide bonds. The van der Waals surface area contributed by atoms with E-state index in [2.05, 4.69) is 55.4 Å². The van der Waals surface area contributed by atoms with Crippen LogP contribution < -0.4 is 17.0 Å². The molecule has 1 nitrogen and oxygen atoms in total. The molecule has 0 aromatic heterocycles. The van der Waals surface area contributed by atoms with Gasteiger partial charge in [0, 0.05) is 0 Å². The van der Waals surface area contributed by atoms with Crippen molar-refractivity contribution in [1.82, 2.24) is 0 Å². The second-order valence-electron chi connectivity index (χ2n) is 6.78. The zero-order chi connectivity index (χ0) is 16.5. The lowest BCUT2D eigenvalue weighted by molar-refractivity contribution is -1.02. The fourth-order valence-corrected chi connectivity index (χ4v) is 5.47. The van der Waals surface area contributed by atoms with Crippen molar-refractivity contribution in [2.75, 3.05) is 0 Å². The van der Waals surface area contributed by atoms with Crippen LogP contribution in [0.25, 0.3) is 0 Å². The van der Waals surface area contributed by atoms with E-state index in [1.165, 1.54) is 55.8 Å². The van der Waals surface area contributed by atoms with Gasteiger partial charge in [-0.25, -0.2) is 0 Å². The standard InChI is InChI=1S/C20H44N.BrH/c1-9-17(10-2)21(18(11-3)12-4,19(13-5)14-6)20(15-7)16-8;/h17-20H,9-16H2,1-8H3;1H/q+1;/p-1. The van der Waals surface area contributed by atoms with Gasteiger partial charge in [-0.05, 0) is 51.4 Å². The van der Waals surface area contributed by atoms with Crippen molar-refractivity contribution in [3.05, 3.63) is 0 Å². The number of nitrogens with zero attached hydrogens (tertiary/aromatic N) is 1. The first-order valence-corrected chi connectivity index (χ1v) is 9.96. The molecule has 0 saturated heterocycles. The zero-order valence-corrected chi connectivity index (χ0v) is 18.4. The molecule has 0 unspecified atom stereocenters. The molecule has 0 atom stereocenters. The largest absolute Gasteiger partial charge is 1.00 e. The number of rotatable bonds is 12. The van der Waals surface area contributed by atoms with Crippen LogP contribution in [-0.4, -0.2) is 28.7 Å². The highest BCUT2D eigenvalue weighted by atomic mass is 79.9. The molecule has 0 radical (unpaired) electrons. The summed E-state index contributed by atoms with van der Waals surface area (Å²) in [4.78, 5) is 0. The third-order valence-corrected chi connectivity index (χ3v) is 6.30. The van der Waals surface area contributed by atoms with Gasteiger partial charge in [0.25, 0.3) is 0 Å². The predicted octanol–water partition coefficient (Wildman–Crippen LogP) is 3.56. The molecule has 0 saturated carbocycles. The highest BCUT2D eigenvalue weighted by molar-refractivity contribution is 4.75. The normalized spacial score (nSPS) is 12.5. The molecule has 136 valence electrons. The first-order chi connectivity index (χ1) is 10.1. The second kappa shape index (κ2) is 12.8. The van der Waals surface area contributed by atoms with Crippen LogP contribution in [0.1, 0.15) is 107 Å². The van der Waals surface area contributed by atoms with Crippen LogP contribution in [0.3, 0.4) is 0 Å². The van der Waals surface area contributed by atoms with Crippen molar-refractivity contribution < 1.29 is 21.5 Å². The molecule has 0 aliphatic carbocycles. The number of hydrogen-bond acceptors (Lipinski definition) is 0. The van der Waals surface area contributed by atoms with Gasteiger partial charge in [0.15, 0.2) is 0 Å². The van der Waals surface area contributed by atoms with E-state index in [-0.39, 0.29) is 17.0 Å². The van der Waals surface area contributed by atoms with Crippen LogP contribution >= 0.6 is 0 Å². The molecule has 0 N–H and O–H groups in total. The highest BCUT2D eigenvalue weighted by Gasteiger charge is 2.49. The summed E-state index contributed by atoms with van der Waals surface area (Å²) in [5, 5.41) is 0. The third kappa shape index (κ3) is 4.72. The fraction of sp³-hybridized carbons (Fsp3) is 1.00. The summed E-state index contributed by atoms with van der Waals surface area (Å²) in [7, 11) is 0. The van der Waals surface area contributed by atoms with Gasteiger partial charge in [0.05, 0.1) is 24.2 Å². The summed E-state index contributed by atoms with van der Waals surface area (Å²) in [6.45, 7) is 19.4. The predicted molar refractivity (Wildman–Crippen MR) is 97.7 cm³/mol. The minimum absolute atomic E-state index is 0. The van der Waals surface area contributed by atoms with Gasteiger partial charge in [-0.2, -0.15) is 0 Å². The minimum Gasteiger partial charge on any atom is -1.00 e. The first-order valence-electron chi connectivity index (χ1n) is 9.96. The average molecular weight is 378 g/mol. The Morgan fingerprint density at radius 3 is 0.636 bits per heavy atom. The Bertz CT molecular complexity index is 185. The van der Waals surface area contributed by atoms with Gasteiger partial charge in [-0.1, -0.05) is 55.4 Å². The maximum Gasteiger partial charge on any atom is 0.0891 e. The lowest BCUT2D eigenvalue weighted by atomic mass is 9.86. The Labute approximate surface area is 152 Å². The number of halogens is 1. The lowest BCUT2D eigenvalue weighted by Crippen LogP contribution is -3.00. The van der Waals surface area contributed by atoms with Crippen LogP contribution in [0.15, 0.2) is 0 Å². The van der Waals surface area contributed by atoms with E-state index in [1.807, 2.05) is 0 Å². The van der Waals surface area contributed by atoms with Crippen LogP contribution in [0, 0.1) is 0 Å².